The molecule has 1 aliphatic rings. The Labute approximate surface area is 160 Å². The minimum Gasteiger partial charge on any atom is -0.344 e. The molecule has 0 aliphatic carbocycles. The van der Waals surface area contributed by atoms with Gasteiger partial charge in [-0.05, 0) is 37.1 Å². The number of carbonyl (C=O) groups is 1. The van der Waals surface area contributed by atoms with E-state index >= 15 is 0 Å². The average Bonchev–Trinajstić information content (AvgIpc) is 2.66. The molecule has 144 valence electrons. The van der Waals surface area contributed by atoms with Crippen molar-refractivity contribution < 1.29 is 18.0 Å². The molecule has 3 rings (SSSR count). The van der Waals surface area contributed by atoms with Crippen LogP contribution in [0.5, 0.6) is 0 Å². The zero-order valence-electron chi connectivity index (χ0n) is 14.5. The maximum absolute atomic E-state index is 13.1. The molecule has 2 aromatic carbocycles. The van der Waals surface area contributed by atoms with Crippen LogP contribution in [0.3, 0.4) is 0 Å². The Hall–Kier alpha value is -2.05. The van der Waals surface area contributed by atoms with Crippen LogP contribution in [-0.2, 0) is 6.18 Å². The van der Waals surface area contributed by atoms with Crippen LogP contribution in [0.25, 0.3) is 0 Å². The molecule has 1 heterocycles. The van der Waals surface area contributed by atoms with E-state index < -0.39 is 22.7 Å². The number of rotatable bonds is 4. The van der Waals surface area contributed by atoms with Gasteiger partial charge in [-0.25, -0.2) is 0 Å². The van der Waals surface area contributed by atoms with Gasteiger partial charge in [0.25, 0.3) is 5.91 Å². The zero-order chi connectivity index (χ0) is 19.4. The fourth-order valence-corrected chi connectivity index (χ4v) is 3.70. The molecule has 0 spiro atoms. The highest BCUT2D eigenvalue weighted by molar-refractivity contribution is 6.34. The van der Waals surface area contributed by atoms with E-state index in [2.05, 4.69) is 10.6 Å². The molecule has 2 unspecified atom stereocenters. The average molecular weight is 397 g/mol. The fraction of sp³-hybridized carbons (Fsp3) is 0.350. The Balaban J connectivity index is 1.89. The van der Waals surface area contributed by atoms with Gasteiger partial charge in [0, 0.05) is 6.04 Å². The third kappa shape index (κ3) is 4.62. The van der Waals surface area contributed by atoms with E-state index in [1.165, 1.54) is 12.1 Å². The van der Waals surface area contributed by atoms with Gasteiger partial charge >= 0.3 is 6.18 Å². The second-order valence-electron chi connectivity index (χ2n) is 6.58. The number of carbonyl (C=O) groups excluding carboxylic acids is 1. The summed E-state index contributed by atoms with van der Waals surface area (Å²) in [4.78, 5) is 12.8. The van der Waals surface area contributed by atoms with E-state index in [1.54, 1.807) is 0 Å². The fourth-order valence-electron chi connectivity index (χ4n) is 3.39. The van der Waals surface area contributed by atoms with Crippen LogP contribution in [0.15, 0.2) is 48.5 Å². The predicted molar refractivity (Wildman–Crippen MR) is 98.7 cm³/mol. The summed E-state index contributed by atoms with van der Waals surface area (Å²) in [5.41, 5.74) is -0.291. The van der Waals surface area contributed by atoms with Crippen LogP contribution in [0.4, 0.5) is 13.2 Å². The first kappa shape index (κ1) is 19.7. The molecule has 2 N–H and O–H groups in total. The molecule has 7 heteroatoms. The summed E-state index contributed by atoms with van der Waals surface area (Å²) in [7, 11) is 0. The number of amides is 1. The lowest BCUT2D eigenvalue weighted by molar-refractivity contribution is -0.137. The van der Waals surface area contributed by atoms with Gasteiger partial charge in [0.2, 0.25) is 0 Å². The normalized spacial score (nSPS) is 18.7. The molecule has 1 aliphatic heterocycles. The van der Waals surface area contributed by atoms with Crippen molar-refractivity contribution in [2.24, 2.45) is 0 Å². The van der Waals surface area contributed by atoms with Crippen LogP contribution in [-0.4, -0.2) is 18.5 Å². The molecule has 27 heavy (non-hydrogen) atoms. The van der Waals surface area contributed by atoms with Crippen molar-refractivity contribution in [1.29, 1.82) is 0 Å². The van der Waals surface area contributed by atoms with Crippen LogP contribution in [0.1, 0.15) is 46.8 Å². The molecular formula is C20H20ClF3N2O. The Morgan fingerprint density at radius 2 is 1.85 bits per heavy atom. The molecule has 1 fully saturated rings. The Morgan fingerprint density at radius 3 is 2.48 bits per heavy atom. The number of hydrogen-bond donors (Lipinski definition) is 2. The van der Waals surface area contributed by atoms with E-state index in [-0.39, 0.29) is 17.6 Å². The SMILES string of the molecule is O=C(NC(c1ccccc1)C1CCCCN1)c1cccc(C(F)(F)F)c1Cl. The maximum atomic E-state index is 13.1. The van der Waals surface area contributed by atoms with Crippen LogP contribution < -0.4 is 10.6 Å². The number of halogens is 4. The Bertz CT molecular complexity index is 790. The molecule has 0 aromatic heterocycles. The molecule has 1 amide bonds. The van der Waals surface area contributed by atoms with Crippen LogP contribution >= 0.6 is 11.6 Å². The van der Waals surface area contributed by atoms with Crippen LogP contribution in [0.2, 0.25) is 5.02 Å². The molecule has 0 bridgehead atoms. The number of benzene rings is 2. The molecule has 2 atom stereocenters. The highest BCUT2D eigenvalue weighted by Crippen LogP contribution is 2.36. The van der Waals surface area contributed by atoms with Crippen molar-refractivity contribution in [3.05, 3.63) is 70.2 Å². The summed E-state index contributed by atoms with van der Waals surface area (Å²) in [6.45, 7) is 0.841. The van der Waals surface area contributed by atoms with Crippen molar-refractivity contribution in [2.45, 2.75) is 37.5 Å². The van der Waals surface area contributed by atoms with E-state index in [4.69, 9.17) is 11.6 Å². The van der Waals surface area contributed by atoms with Crippen molar-refractivity contribution >= 4 is 17.5 Å². The predicted octanol–water partition coefficient (Wildman–Crippen LogP) is 4.97. The third-order valence-electron chi connectivity index (χ3n) is 4.74. The van der Waals surface area contributed by atoms with Gasteiger partial charge < -0.3 is 10.6 Å². The summed E-state index contributed by atoms with van der Waals surface area (Å²) in [6.07, 6.45) is -1.65. The Morgan fingerprint density at radius 1 is 1.11 bits per heavy atom. The summed E-state index contributed by atoms with van der Waals surface area (Å²) in [6, 6.07) is 12.4. The van der Waals surface area contributed by atoms with Crippen molar-refractivity contribution in [1.82, 2.24) is 10.6 Å². The first-order chi connectivity index (χ1) is 12.9. The van der Waals surface area contributed by atoms with Gasteiger partial charge in [-0.15, -0.1) is 0 Å². The number of piperidine rings is 1. The lowest BCUT2D eigenvalue weighted by Crippen LogP contribution is -2.46. The number of alkyl halides is 3. The zero-order valence-corrected chi connectivity index (χ0v) is 15.3. The smallest absolute Gasteiger partial charge is 0.344 e. The molecule has 1 saturated heterocycles. The summed E-state index contributed by atoms with van der Waals surface area (Å²) >= 11 is 5.91. The third-order valence-corrected chi connectivity index (χ3v) is 5.15. The first-order valence-corrected chi connectivity index (χ1v) is 9.20. The number of nitrogens with one attached hydrogen (secondary N) is 2. The van der Waals surface area contributed by atoms with Crippen molar-refractivity contribution in [2.75, 3.05) is 6.54 Å². The first-order valence-electron chi connectivity index (χ1n) is 8.83. The summed E-state index contributed by atoms with van der Waals surface area (Å²) in [5, 5.41) is 5.70. The minimum atomic E-state index is -4.61. The topological polar surface area (TPSA) is 41.1 Å². The van der Waals surface area contributed by atoms with Crippen LogP contribution in [0, 0.1) is 0 Å². The molecular weight excluding hydrogens is 377 g/mol. The standard InChI is InChI=1S/C20H20ClF3N2O/c21-17-14(9-6-10-15(17)20(22,23)24)19(27)26-18(13-7-2-1-3-8-13)16-11-4-5-12-25-16/h1-3,6-10,16,18,25H,4-5,11-12H2,(H,26,27). The molecule has 3 nitrogen and oxygen atoms in total. The van der Waals surface area contributed by atoms with E-state index in [1.807, 2.05) is 30.3 Å². The highest BCUT2D eigenvalue weighted by Gasteiger charge is 2.35. The highest BCUT2D eigenvalue weighted by atomic mass is 35.5. The van der Waals surface area contributed by atoms with Gasteiger partial charge in [0.05, 0.1) is 22.2 Å². The molecule has 0 radical (unpaired) electrons. The van der Waals surface area contributed by atoms with E-state index in [0.29, 0.717) is 0 Å². The van der Waals surface area contributed by atoms with Crippen molar-refractivity contribution in [3.63, 3.8) is 0 Å². The molecule has 0 saturated carbocycles. The lowest BCUT2D eigenvalue weighted by Gasteiger charge is -2.32. The lowest BCUT2D eigenvalue weighted by atomic mass is 9.92. The quantitative estimate of drug-likeness (QED) is 0.765. The van der Waals surface area contributed by atoms with Gasteiger partial charge in [-0.1, -0.05) is 54.4 Å². The largest absolute Gasteiger partial charge is 0.417 e. The maximum Gasteiger partial charge on any atom is 0.417 e. The number of hydrogen-bond acceptors (Lipinski definition) is 2. The second kappa shape index (κ2) is 8.31. The minimum absolute atomic E-state index is 0.00896. The monoisotopic (exact) mass is 396 g/mol. The summed E-state index contributed by atoms with van der Waals surface area (Å²) in [5.74, 6) is -0.618. The van der Waals surface area contributed by atoms with Gasteiger partial charge in [-0.3, -0.25) is 4.79 Å². The van der Waals surface area contributed by atoms with Crippen molar-refractivity contribution in [3.8, 4) is 0 Å². The van der Waals surface area contributed by atoms with Gasteiger partial charge in [-0.2, -0.15) is 13.2 Å². The van der Waals surface area contributed by atoms with Gasteiger partial charge in [0.15, 0.2) is 0 Å². The second-order valence-corrected chi connectivity index (χ2v) is 6.96. The Kier molecular flexibility index (Phi) is 6.07. The van der Waals surface area contributed by atoms with Gasteiger partial charge in [0.1, 0.15) is 0 Å². The van der Waals surface area contributed by atoms with E-state index in [0.717, 1.165) is 37.4 Å². The summed E-state index contributed by atoms with van der Waals surface area (Å²) < 4.78 is 39.3. The molecule has 2 aromatic rings. The van der Waals surface area contributed by atoms with E-state index in [9.17, 15) is 18.0 Å².